The third-order valence-corrected chi connectivity index (χ3v) is 6.22. The summed E-state index contributed by atoms with van der Waals surface area (Å²) in [6, 6.07) is 15.0. The molecule has 2 aromatic rings. The molecule has 0 spiro atoms. The molecule has 0 aromatic heterocycles. The van der Waals surface area contributed by atoms with Crippen LogP contribution in [0.5, 0.6) is 11.5 Å². The number of nitrogens with zero attached hydrogens (tertiary/aromatic N) is 3. The summed E-state index contributed by atoms with van der Waals surface area (Å²) in [6.07, 6.45) is 2.34. The van der Waals surface area contributed by atoms with Crippen LogP contribution in [0.3, 0.4) is 0 Å². The molecule has 1 saturated carbocycles. The molecule has 1 atom stereocenters. The molecule has 0 bridgehead atoms. The van der Waals surface area contributed by atoms with Crippen LogP contribution in [0.1, 0.15) is 36.4 Å². The minimum atomic E-state index is -0.268. The number of methoxy groups -OCH3 is 3. The summed E-state index contributed by atoms with van der Waals surface area (Å²) in [5.74, 6) is 1.34. The van der Waals surface area contributed by atoms with Gasteiger partial charge in [-0.1, -0.05) is 12.1 Å². The smallest absolute Gasteiger partial charge is 0.262 e. The third-order valence-electron chi connectivity index (χ3n) is 6.22. The summed E-state index contributed by atoms with van der Waals surface area (Å²) < 4.78 is 15.7. The van der Waals surface area contributed by atoms with Crippen molar-refractivity contribution >= 4 is 17.5 Å². The number of rotatable bonds is 10. The van der Waals surface area contributed by atoms with E-state index in [2.05, 4.69) is 0 Å². The lowest BCUT2D eigenvalue weighted by atomic mass is 9.98. The van der Waals surface area contributed by atoms with Crippen LogP contribution >= 0.6 is 0 Å². The van der Waals surface area contributed by atoms with Crippen molar-refractivity contribution in [3.8, 4) is 11.5 Å². The standard InChI is InChI=1S/C26H31N3O5/c1-32-15-14-28(26(31)20-4-5-20)17-25(30)29-24(19-8-12-22(34-3)13-9-19)16-23(27-29)18-6-10-21(33-2)11-7-18/h6-13,20,24H,4-5,14-17H2,1-3H3/t24-/m0/s1. The van der Waals surface area contributed by atoms with Crippen molar-refractivity contribution in [3.63, 3.8) is 0 Å². The van der Waals surface area contributed by atoms with E-state index in [1.54, 1.807) is 26.2 Å². The number of hydrogen-bond donors (Lipinski definition) is 0. The van der Waals surface area contributed by atoms with Gasteiger partial charge in [-0.2, -0.15) is 5.10 Å². The summed E-state index contributed by atoms with van der Waals surface area (Å²) in [6.45, 7) is 0.742. The van der Waals surface area contributed by atoms with E-state index < -0.39 is 0 Å². The molecule has 0 unspecified atom stereocenters. The highest BCUT2D eigenvalue weighted by atomic mass is 16.5. The lowest BCUT2D eigenvalue weighted by Crippen LogP contribution is -2.43. The predicted octanol–water partition coefficient (Wildman–Crippen LogP) is 3.27. The Balaban J connectivity index is 1.59. The van der Waals surface area contributed by atoms with E-state index >= 15 is 0 Å². The maximum atomic E-state index is 13.5. The molecular formula is C26H31N3O5. The van der Waals surface area contributed by atoms with Gasteiger partial charge in [-0.25, -0.2) is 5.01 Å². The molecule has 34 heavy (non-hydrogen) atoms. The molecule has 180 valence electrons. The largest absolute Gasteiger partial charge is 0.497 e. The third kappa shape index (κ3) is 5.39. The van der Waals surface area contributed by atoms with Crippen molar-refractivity contribution in [2.75, 3.05) is 41.0 Å². The van der Waals surface area contributed by atoms with Gasteiger partial charge in [-0.05, 0) is 60.4 Å². The number of carbonyl (C=O) groups excluding carboxylic acids is 2. The Morgan fingerprint density at radius 1 is 0.971 bits per heavy atom. The molecule has 1 aliphatic carbocycles. The minimum absolute atomic E-state index is 0.0185. The van der Waals surface area contributed by atoms with Gasteiger partial charge in [0.25, 0.3) is 5.91 Å². The average Bonchev–Trinajstić information content (AvgIpc) is 3.64. The SMILES string of the molecule is COCCN(CC(=O)N1N=C(c2ccc(OC)cc2)C[C@H]1c1ccc(OC)cc1)C(=O)C1CC1. The molecule has 0 N–H and O–H groups in total. The van der Waals surface area contributed by atoms with E-state index in [1.807, 2.05) is 48.5 Å². The zero-order valence-corrected chi connectivity index (χ0v) is 19.9. The molecule has 2 aliphatic rings. The zero-order chi connectivity index (χ0) is 24.1. The molecule has 4 rings (SSSR count). The summed E-state index contributed by atoms with van der Waals surface area (Å²) in [5, 5.41) is 6.26. The molecule has 1 aliphatic heterocycles. The van der Waals surface area contributed by atoms with Crippen molar-refractivity contribution in [3.05, 3.63) is 59.7 Å². The van der Waals surface area contributed by atoms with Gasteiger partial charge in [0, 0.05) is 26.0 Å². The molecule has 1 heterocycles. The van der Waals surface area contributed by atoms with E-state index in [0.717, 1.165) is 41.2 Å². The molecule has 2 aromatic carbocycles. The Morgan fingerprint density at radius 3 is 2.15 bits per heavy atom. The van der Waals surface area contributed by atoms with E-state index in [-0.39, 0.29) is 30.3 Å². The summed E-state index contributed by atoms with van der Waals surface area (Å²) in [5.41, 5.74) is 2.70. The number of ether oxygens (including phenoxy) is 3. The second kappa shape index (κ2) is 10.7. The van der Waals surface area contributed by atoms with Crippen LogP contribution in [-0.4, -0.2) is 68.5 Å². The molecule has 0 radical (unpaired) electrons. The maximum Gasteiger partial charge on any atom is 0.262 e. The Bertz CT molecular complexity index is 1030. The van der Waals surface area contributed by atoms with Gasteiger partial charge in [0.1, 0.15) is 18.0 Å². The van der Waals surface area contributed by atoms with E-state index in [0.29, 0.717) is 19.6 Å². The van der Waals surface area contributed by atoms with Crippen LogP contribution in [0.4, 0.5) is 0 Å². The molecule has 8 heteroatoms. The normalized spacial score (nSPS) is 17.3. The van der Waals surface area contributed by atoms with Crippen molar-refractivity contribution in [1.29, 1.82) is 0 Å². The van der Waals surface area contributed by atoms with Crippen molar-refractivity contribution in [2.45, 2.75) is 25.3 Å². The highest BCUT2D eigenvalue weighted by Crippen LogP contribution is 2.35. The second-order valence-corrected chi connectivity index (χ2v) is 8.53. The van der Waals surface area contributed by atoms with Gasteiger partial charge in [0.2, 0.25) is 5.91 Å². The maximum absolute atomic E-state index is 13.5. The highest BCUT2D eigenvalue weighted by Gasteiger charge is 2.37. The predicted molar refractivity (Wildman–Crippen MR) is 128 cm³/mol. The van der Waals surface area contributed by atoms with E-state index in [9.17, 15) is 9.59 Å². The molecule has 2 amide bonds. The fraction of sp³-hybridized carbons (Fsp3) is 0.423. The van der Waals surface area contributed by atoms with Crippen LogP contribution in [0.2, 0.25) is 0 Å². The number of hydrogen-bond acceptors (Lipinski definition) is 6. The first-order valence-corrected chi connectivity index (χ1v) is 11.5. The molecular weight excluding hydrogens is 434 g/mol. The van der Waals surface area contributed by atoms with E-state index in [4.69, 9.17) is 19.3 Å². The Morgan fingerprint density at radius 2 is 1.59 bits per heavy atom. The minimum Gasteiger partial charge on any atom is -0.497 e. The van der Waals surface area contributed by atoms with Crippen LogP contribution in [0, 0.1) is 5.92 Å². The second-order valence-electron chi connectivity index (χ2n) is 8.53. The zero-order valence-electron chi connectivity index (χ0n) is 19.9. The average molecular weight is 466 g/mol. The summed E-state index contributed by atoms with van der Waals surface area (Å²) in [7, 11) is 4.84. The van der Waals surface area contributed by atoms with Gasteiger partial charge >= 0.3 is 0 Å². The Hall–Kier alpha value is -3.39. The fourth-order valence-electron chi connectivity index (χ4n) is 4.08. The van der Waals surface area contributed by atoms with Crippen LogP contribution < -0.4 is 9.47 Å². The van der Waals surface area contributed by atoms with Gasteiger partial charge in [0.05, 0.1) is 32.6 Å². The monoisotopic (exact) mass is 465 g/mol. The first-order valence-electron chi connectivity index (χ1n) is 11.5. The van der Waals surface area contributed by atoms with Gasteiger partial charge in [-0.15, -0.1) is 0 Å². The fourth-order valence-corrected chi connectivity index (χ4v) is 4.08. The number of amides is 2. The first kappa shape index (κ1) is 23.8. The van der Waals surface area contributed by atoms with E-state index in [1.165, 1.54) is 5.01 Å². The topological polar surface area (TPSA) is 80.7 Å². The number of benzene rings is 2. The number of hydrazone groups is 1. The Labute approximate surface area is 200 Å². The molecule has 8 nitrogen and oxygen atoms in total. The van der Waals surface area contributed by atoms with Gasteiger partial charge in [-0.3, -0.25) is 9.59 Å². The van der Waals surface area contributed by atoms with Gasteiger partial charge in [0.15, 0.2) is 0 Å². The van der Waals surface area contributed by atoms with Crippen LogP contribution in [0.25, 0.3) is 0 Å². The van der Waals surface area contributed by atoms with Crippen molar-refractivity contribution in [1.82, 2.24) is 9.91 Å². The van der Waals surface area contributed by atoms with Gasteiger partial charge < -0.3 is 19.1 Å². The first-order chi connectivity index (χ1) is 16.5. The lowest BCUT2D eigenvalue weighted by Gasteiger charge is -2.27. The van der Waals surface area contributed by atoms with Crippen LogP contribution in [-0.2, 0) is 14.3 Å². The van der Waals surface area contributed by atoms with Crippen molar-refractivity contribution in [2.24, 2.45) is 11.0 Å². The Kier molecular flexibility index (Phi) is 7.47. The molecule has 0 saturated heterocycles. The van der Waals surface area contributed by atoms with Crippen molar-refractivity contribution < 1.29 is 23.8 Å². The lowest BCUT2D eigenvalue weighted by molar-refractivity contribution is -0.142. The quantitative estimate of drug-likeness (QED) is 0.538. The van der Waals surface area contributed by atoms with Crippen LogP contribution in [0.15, 0.2) is 53.6 Å². The summed E-state index contributed by atoms with van der Waals surface area (Å²) >= 11 is 0. The number of carbonyl (C=O) groups is 2. The summed E-state index contributed by atoms with van der Waals surface area (Å²) in [4.78, 5) is 27.9. The molecule has 1 fully saturated rings. The highest BCUT2D eigenvalue weighted by molar-refractivity contribution is 6.03.